The Labute approximate surface area is 157 Å². The average Bonchev–Trinajstić information content (AvgIpc) is 2.68. The molecule has 7 heteroatoms. The predicted molar refractivity (Wildman–Crippen MR) is 106 cm³/mol. The van der Waals surface area contributed by atoms with Gasteiger partial charge in [0.2, 0.25) is 0 Å². The molecule has 1 saturated heterocycles. The predicted octanol–water partition coefficient (Wildman–Crippen LogP) is 1.65. The van der Waals surface area contributed by atoms with E-state index in [2.05, 4.69) is 26.7 Å². The third kappa shape index (κ3) is 7.58. The number of anilines is 1. The van der Waals surface area contributed by atoms with Gasteiger partial charge in [0.05, 0.1) is 0 Å². The van der Waals surface area contributed by atoms with Crippen LogP contribution in [-0.4, -0.2) is 65.1 Å². The molecule has 1 aliphatic rings. The van der Waals surface area contributed by atoms with E-state index in [1.54, 1.807) is 7.05 Å². The molecule has 0 spiro atoms. The maximum atomic E-state index is 5.79. The van der Waals surface area contributed by atoms with E-state index in [0.717, 1.165) is 64.0 Å². The summed E-state index contributed by atoms with van der Waals surface area (Å²) in [5, 5.41) is 6.66. The average molecular weight is 364 g/mol. The van der Waals surface area contributed by atoms with Crippen molar-refractivity contribution in [3.8, 4) is 0 Å². The molecule has 146 valence electrons. The molecule has 0 bridgehead atoms. The Kier molecular flexibility index (Phi) is 9.20. The highest BCUT2D eigenvalue weighted by Crippen LogP contribution is 2.14. The van der Waals surface area contributed by atoms with Crippen LogP contribution < -0.4 is 15.5 Å². The molecule has 2 N–H and O–H groups in total. The monoisotopic (exact) mass is 363 g/mol. The highest BCUT2D eigenvalue weighted by Gasteiger charge is 2.13. The number of nitrogens with zero attached hydrogens (tertiary/aromatic N) is 3. The molecule has 1 aromatic heterocycles. The van der Waals surface area contributed by atoms with Gasteiger partial charge in [-0.25, -0.2) is 4.98 Å². The smallest absolute Gasteiger partial charge is 0.191 e. The van der Waals surface area contributed by atoms with Gasteiger partial charge in [-0.05, 0) is 42.9 Å². The summed E-state index contributed by atoms with van der Waals surface area (Å²) in [4.78, 5) is 10.6. The summed E-state index contributed by atoms with van der Waals surface area (Å²) < 4.78 is 11.2. The van der Waals surface area contributed by atoms with E-state index in [1.807, 2.05) is 31.3 Å². The maximum absolute atomic E-state index is 5.79. The number of hydrogen-bond acceptors (Lipinski definition) is 5. The van der Waals surface area contributed by atoms with E-state index >= 15 is 0 Å². The fourth-order valence-electron chi connectivity index (χ4n) is 2.77. The van der Waals surface area contributed by atoms with Crippen LogP contribution in [0, 0.1) is 5.92 Å². The summed E-state index contributed by atoms with van der Waals surface area (Å²) in [7, 11) is 5.77. The third-order valence-electron chi connectivity index (χ3n) is 4.40. The maximum Gasteiger partial charge on any atom is 0.191 e. The lowest BCUT2D eigenvalue weighted by Crippen LogP contribution is -2.37. The van der Waals surface area contributed by atoms with E-state index in [9.17, 15) is 0 Å². The van der Waals surface area contributed by atoms with Gasteiger partial charge < -0.3 is 25.0 Å². The van der Waals surface area contributed by atoms with E-state index in [0.29, 0.717) is 12.5 Å². The first-order valence-electron chi connectivity index (χ1n) is 9.41. The lowest BCUT2D eigenvalue weighted by molar-refractivity contribution is 0.0203. The van der Waals surface area contributed by atoms with Crippen molar-refractivity contribution >= 4 is 11.8 Å². The zero-order valence-electron chi connectivity index (χ0n) is 16.3. The molecule has 0 aliphatic carbocycles. The Morgan fingerprint density at radius 1 is 1.35 bits per heavy atom. The molecule has 26 heavy (non-hydrogen) atoms. The highest BCUT2D eigenvalue weighted by atomic mass is 16.5. The SMILES string of the molecule is CN=C(NCCCOCC1CCOCC1)NCc1ccnc(N(C)C)c1. The Balaban J connectivity index is 1.58. The Morgan fingerprint density at radius 2 is 2.15 bits per heavy atom. The highest BCUT2D eigenvalue weighted by molar-refractivity contribution is 5.79. The zero-order valence-corrected chi connectivity index (χ0v) is 16.3. The molecule has 0 aromatic carbocycles. The number of aliphatic imine (C=N–C) groups is 1. The summed E-state index contributed by atoms with van der Waals surface area (Å²) in [5.74, 6) is 2.42. The van der Waals surface area contributed by atoms with Crippen molar-refractivity contribution in [2.24, 2.45) is 10.9 Å². The van der Waals surface area contributed by atoms with Crippen molar-refractivity contribution in [1.29, 1.82) is 0 Å². The molecule has 0 atom stereocenters. The molecule has 1 aromatic rings. The van der Waals surface area contributed by atoms with Gasteiger partial charge in [0.1, 0.15) is 5.82 Å². The molecule has 1 aliphatic heterocycles. The molecule has 0 amide bonds. The number of aromatic nitrogens is 1. The summed E-state index contributed by atoms with van der Waals surface area (Å²) in [6.45, 7) is 4.94. The van der Waals surface area contributed by atoms with Crippen LogP contribution in [0.1, 0.15) is 24.8 Å². The van der Waals surface area contributed by atoms with E-state index in [1.165, 1.54) is 5.56 Å². The minimum Gasteiger partial charge on any atom is -0.381 e. The zero-order chi connectivity index (χ0) is 18.6. The molecule has 0 radical (unpaired) electrons. The van der Waals surface area contributed by atoms with Crippen LogP contribution in [-0.2, 0) is 16.0 Å². The minimum absolute atomic E-state index is 0.665. The second-order valence-corrected chi connectivity index (χ2v) is 6.75. The van der Waals surface area contributed by atoms with E-state index in [-0.39, 0.29) is 0 Å². The largest absolute Gasteiger partial charge is 0.381 e. The first kappa shape index (κ1) is 20.5. The number of ether oxygens (including phenoxy) is 2. The summed E-state index contributed by atoms with van der Waals surface area (Å²) >= 11 is 0. The Morgan fingerprint density at radius 3 is 2.88 bits per heavy atom. The van der Waals surface area contributed by atoms with Crippen LogP contribution >= 0.6 is 0 Å². The molecule has 2 rings (SSSR count). The quantitative estimate of drug-likeness (QED) is 0.395. The molecular formula is C19H33N5O2. The number of nitrogens with one attached hydrogen (secondary N) is 2. The van der Waals surface area contributed by atoms with Crippen LogP contribution in [0.15, 0.2) is 23.3 Å². The van der Waals surface area contributed by atoms with Crippen molar-refractivity contribution in [2.45, 2.75) is 25.8 Å². The van der Waals surface area contributed by atoms with E-state index < -0.39 is 0 Å². The van der Waals surface area contributed by atoms with Gasteiger partial charge in [0.25, 0.3) is 0 Å². The van der Waals surface area contributed by atoms with Crippen molar-refractivity contribution in [1.82, 2.24) is 15.6 Å². The number of rotatable bonds is 9. The summed E-state index contributed by atoms with van der Waals surface area (Å²) in [6, 6.07) is 4.09. The fourth-order valence-corrected chi connectivity index (χ4v) is 2.77. The van der Waals surface area contributed by atoms with Crippen LogP contribution in [0.25, 0.3) is 0 Å². The van der Waals surface area contributed by atoms with Crippen LogP contribution in [0.5, 0.6) is 0 Å². The first-order valence-corrected chi connectivity index (χ1v) is 9.41. The molecule has 2 heterocycles. The van der Waals surface area contributed by atoms with Crippen molar-refractivity contribution in [2.75, 3.05) is 59.0 Å². The van der Waals surface area contributed by atoms with Gasteiger partial charge >= 0.3 is 0 Å². The lowest BCUT2D eigenvalue weighted by atomic mass is 10.0. The minimum atomic E-state index is 0.665. The van der Waals surface area contributed by atoms with Gasteiger partial charge in [-0.2, -0.15) is 0 Å². The van der Waals surface area contributed by atoms with Crippen LogP contribution in [0.2, 0.25) is 0 Å². The normalized spacial score (nSPS) is 15.7. The van der Waals surface area contributed by atoms with Crippen molar-refractivity contribution < 1.29 is 9.47 Å². The van der Waals surface area contributed by atoms with Crippen LogP contribution in [0.3, 0.4) is 0 Å². The van der Waals surface area contributed by atoms with Gasteiger partial charge in [-0.3, -0.25) is 4.99 Å². The topological polar surface area (TPSA) is 71.0 Å². The molecule has 0 saturated carbocycles. The Bertz CT molecular complexity index is 544. The summed E-state index contributed by atoms with van der Waals surface area (Å²) in [5.41, 5.74) is 1.17. The number of guanidine groups is 1. The van der Waals surface area contributed by atoms with Gasteiger partial charge in [0.15, 0.2) is 5.96 Å². The van der Waals surface area contributed by atoms with Gasteiger partial charge in [0, 0.05) is 66.9 Å². The van der Waals surface area contributed by atoms with Crippen molar-refractivity contribution in [3.05, 3.63) is 23.9 Å². The lowest BCUT2D eigenvalue weighted by Gasteiger charge is -2.21. The second-order valence-electron chi connectivity index (χ2n) is 6.75. The standard InChI is InChI=1S/C19H33N5O2/c1-20-19(23-14-17-5-9-21-18(13-17)24(2)3)22-8-4-10-26-15-16-6-11-25-12-7-16/h5,9,13,16H,4,6-8,10-12,14-15H2,1-3H3,(H2,20,22,23). The molecule has 7 nitrogen and oxygen atoms in total. The second kappa shape index (κ2) is 11.7. The molecular weight excluding hydrogens is 330 g/mol. The van der Waals surface area contributed by atoms with Gasteiger partial charge in [-0.1, -0.05) is 0 Å². The molecule has 0 unspecified atom stereocenters. The first-order chi connectivity index (χ1) is 12.7. The third-order valence-corrected chi connectivity index (χ3v) is 4.40. The van der Waals surface area contributed by atoms with Crippen molar-refractivity contribution in [3.63, 3.8) is 0 Å². The fraction of sp³-hybridized carbons (Fsp3) is 0.684. The van der Waals surface area contributed by atoms with E-state index in [4.69, 9.17) is 9.47 Å². The number of hydrogen-bond donors (Lipinski definition) is 2. The number of pyridine rings is 1. The molecule has 1 fully saturated rings. The van der Waals surface area contributed by atoms with Gasteiger partial charge in [-0.15, -0.1) is 0 Å². The van der Waals surface area contributed by atoms with Crippen LogP contribution in [0.4, 0.5) is 5.82 Å². The Hall–Kier alpha value is -1.86. The summed E-state index contributed by atoms with van der Waals surface area (Å²) in [6.07, 6.45) is 5.04.